The fourth-order valence-corrected chi connectivity index (χ4v) is 3.69. The highest BCUT2D eigenvalue weighted by Gasteiger charge is 1.88. The van der Waals surface area contributed by atoms with Crippen molar-refractivity contribution in [3.8, 4) is 0 Å². The molecule has 2 heteroatoms. The maximum atomic E-state index is 2.29. The molecule has 0 aromatic heterocycles. The first-order valence-electron chi connectivity index (χ1n) is 4.87. The maximum Gasteiger partial charge on any atom is -0.0317 e. The van der Waals surface area contributed by atoms with Gasteiger partial charge < -0.3 is 0 Å². The lowest BCUT2D eigenvalue weighted by atomic mass is 10.2. The minimum absolute atomic E-state index is 1.25. The van der Waals surface area contributed by atoms with Gasteiger partial charge in [-0.05, 0) is 18.7 Å². The molecule has 0 aromatic rings. The molecule has 2 atom stereocenters. The van der Waals surface area contributed by atoms with E-state index in [0.717, 1.165) is 0 Å². The second kappa shape index (κ2) is 10.9. The fraction of sp³-hybridized carbons (Fsp3) is 1.00. The quantitative estimate of drug-likeness (QED) is 0.398. The molecule has 11 heavy (non-hydrogen) atoms. The number of hydrogen-bond acceptors (Lipinski definition) is 0. The Labute approximate surface area is 75.4 Å². The molecule has 0 saturated carbocycles. The molecule has 0 nitrogen and oxygen atoms in total. The van der Waals surface area contributed by atoms with Crippen LogP contribution in [-0.2, 0) is 0 Å². The summed E-state index contributed by atoms with van der Waals surface area (Å²) < 4.78 is 0. The predicted octanol–water partition coefficient (Wildman–Crippen LogP) is 4.25. The molecule has 0 spiro atoms. The van der Waals surface area contributed by atoms with Gasteiger partial charge in [-0.1, -0.05) is 56.1 Å². The molecule has 0 amide bonds. The molecule has 2 unspecified atom stereocenters. The van der Waals surface area contributed by atoms with Gasteiger partial charge in [0.05, 0.1) is 0 Å². The van der Waals surface area contributed by atoms with Crippen LogP contribution in [-0.4, -0.2) is 12.3 Å². The average molecular weight is 192 g/mol. The van der Waals surface area contributed by atoms with E-state index >= 15 is 0 Å². The second-order valence-corrected chi connectivity index (χ2v) is 6.91. The van der Waals surface area contributed by atoms with E-state index in [1.807, 2.05) is 0 Å². The van der Waals surface area contributed by atoms with Crippen molar-refractivity contribution in [1.29, 1.82) is 0 Å². The minimum atomic E-state index is 1.25. The summed E-state index contributed by atoms with van der Waals surface area (Å²) >= 11 is 0. The Bertz CT molecular complexity index is 56.6. The zero-order valence-corrected chi connectivity index (χ0v) is 9.95. The Morgan fingerprint density at radius 1 is 0.818 bits per heavy atom. The van der Waals surface area contributed by atoms with Gasteiger partial charge >= 0.3 is 0 Å². The zero-order chi connectivity index (χ0) is 8.36. The Morgan fingerprint density at radius 2 is 1.55 bits per heavy atom. The van der Waals surface area contributed by atoms with Crippen LogP contribution in [0.25, 0.3) is 0 Å². The van der Waals surface area contributed by atoms with Crippen molar-refractivity contribution >= 4 is 16.5 Å². The Kier molecular flexibility index (Phi) is 11.7. The van der Waals surface area contributed by atoms with E-state index < -0.39 is 0 Å². The molecule has 0 aliphatic carbocycles. The SMILES string of the molecule is CCCCCCCPPCC. The van der Waals surface area contributed by atoms with Gasteiger partial charge in [-0.15, -0.1) is 0 Å². The van der Waals surface area contributed by atoms with Crippen molar-refractivity contribution < 1.29 is 0 Å². The van der Waals surface area contributed by atoms with Gasteiger partial charge in [0, 0.05) is 0 Å². The lowest BCUT2D eigenvalue weighted by Crippen LogP contribution is -1.78. The van der Waals surface area contributed by atoms with Gasteiger partial charge in [-0.2, -0.15) is 0 Å². The van der Waals surface area contributed by atoms with Crippen LogP contribution >= 0.6 is 16.5 Å². The highest BCUT2D eigenvalue weighted by Crippen LogP contribution is 2.36. The van der Waals surface area contributed by atoms with Gasteiger partial charge in [0.25, 0.3) is 0 Å². The lowest BCUT2D eigenvalue weighted by molar-refractivity contribution is 0.659. The van der Waals surface area contributed by atoms with Gasteiger partial charge in [0.1, 0.15) is 0 Å². The van der Waals surface area contributed by atoms with E-state index in [9.17, 15) is 0 Å². The van der Waals surface area contributed by atoms with Gasteiger partial charge in [0.15, 0.2) is 0 Å². The first-order chi connectivity index (χ1) is 5.41. The smallest absolute Gasteiger partial charge is 0.0317 e. The second-order valence-electron chi connectivity index (χ2n) is 2.87. The summed E-state index contributed by atoms with van der Waals surface area (Å²) in [6.07, 6.45) is 10.2. The van der Waals surface area contributed by atoms with Crippen LogP contribution in [0.5, 0.6) is 0 Å². The number of rotatable bonds is 8. The highest BCUT2D eigenvalue weighted by molar-refractivity contribution is 8.11. The van der Waals surface area contributed by atoms with E-state index in [1.54, 1.807) is 0 Å². The first kappa shape index (κ1) is 11.9. The molecule has 0 radical (unpaired) electrons. The van der Waals surface area contributed by atoms with Crippen LogP contribution < -0.4 is 0 Å². The van der Waals surface area contributed by atoms with Crippen molar-refractivity contribution in [2.24, 2.45) is 0 Å². The summed E-state index contributed by atoms with van der Waals surface area (Å²) in [6.45, 7) is 4.57. The molecular weight excluding hydrogens is 170 g/mol. The van der Waals surface area contributed by atoms with Crippen molar-refractivity contribution in [3.05, 3.63) is 0 Å². The Morgan fingerprint density at radius 3 is 2.18 bits per heavy atom. The predicted molar refractivity (Wildman–Crippen MR) is 60.8 cm³/mol. The van der Waals surface area contributed by atoms with Crippen LogP contribution in [0.1, 0.15) is 46.0 Å². The van der Waals surface area contributed by atoms with Crippen LogP contribution in [0.2, 0.25) is 0 Å². The first-order valence-corrected chi connectivity index (χ1v) is 8.29. The lowest BCUT2D eigenvalue weighted by Gasteiger charge is -1.99. The zero-order valence-electron chi connectivity index (χ0n) is 7.95. The van der Waals surface area contributed by atoms with Crippen LogP contribution in [0.4, 0.5) is 0 Å². The molecule has 0 fully saturated rings. The van der Waals surface area contributed by atoms with E-state index in [-0.39, 0.29) is 0 Å². The summed E-state index contributed by atoms with van der Waals surface area (Å²) in [7, 11) is 2.53. The summed E-state index contributed by atoms with van der Waals surface area (Å²) in [5.74, 6) is 0. The third-order valence-electron chi connectivity index (χ3n) is 1.71. The van der Waals surface area contributed by atoms with Crippen molar-refractivity contribution in [2.75, 3.05) is 12.3 Å². The van der Waals surface area contributed by atoms with Gasteiger partial charge in [0.2, 0.25) is 0 Å². The van der Waals surface area contributed by atoms with Gasteiger partial charge in [-0.3, -0.25) is 0 Å². The van der Waals surface area contributed by atoms with Crippen molar-refractivity contribution in [3.63, 3.8) is 0 Å². The number of hydrogen-bond donors (Lipinski definition) is 0. The van der Waals surface area contributed by atoms with Crippen molar-refractivity contribution in [1.82, 2.24) is 0 Å². The summed E-state index contributed by atoms with van der Waals surface area (Å²) in [5.41, 5.74) is 0. The maximum absolute atomic E-state index is 2.29. The molecule has 0 aliphatic heterocycles. The van der Waals surface area contributed by atoms with Crippen LogP contribution in [0.3, 0.4) is 0 Å². The van der Waals surface area contributed by atoms with Crippen LogP contribution in [0.15, 0.2) is 0 Å². The monoisotopic (exact) mass is 192 g/mol. The molecule has 68 valence electrons. The third-order valence-corrected chi connectivity index (χ3v) is 5.47. The fourth-order valence-electron chi connectivity index (χ4n) is 1.03. The Hall–Kier alpha value is 0.860. The van der Waals surface area contributed by atoms with E-state index in [4.69, 9.17) is 0 Å². The minimum Gasteiger partial charge on any atom is -0.0995 e. The van der Waals surface area contributed by atoms with E-state index in [2.05, 4.69) is 13.8 Å². The summed E-state index contributed by atoms with van der Waals surface area (Å²) in [6, 6.07) is 0. The Balaban J connectivity index is 2.69. The molecule has 0 rings (SSSR count). The van der Waals surface area contributed by atoms with E-state index in [1.165, 1.54) is 61.0 Å². The normalized spacial score (nSPS) is 12.5. The van der Waals surface area contributed by atoms with Crippen molar-refractivity contribution in [2.45, 2.75) is 46.0 Å². The largest absolute Gasteiger partial charge is 0.0995 e. The molecule has 0 heterocycles. The average Bonchev–Trinajstić information content (AvgIpc) is 2.03. The molecule has 0 N–H and O–H groups in total. The topological polar surface area (TPSA) is 0 Å². The summed E-state index contributed by atoms with van der Waals surface area (Å²) in [4.78, 5) is 0. The number of unbranched alkanes of at least 4 members (excludes halogenated alkanes) is 4. The molecule has 0 bridgehead atoms. The summed E-state index contributed by atoms with van der Waals surface area (Å²) in [5, 5.41) is 0. The third kappa shape index (κ3) is 10.9. The molecular formula is C9H22P2. The van der Waals surface area contributed by atoms with E-state index in [0.29, 0.717) is 0 Å². The molecule has 0 saturated heterocycles. The highest BCUT2D eigenvalue weighted by atomic mass is 32.0. The molecule has 0 aliphatic rings. The van der Waals surface area contributed by atoms with Crippen LogP contribution in [0, 0.1) is 0 Å². The molecule has 0 aromatic carbocycles. The van der Waals surface area contributed by atoms with Gasteiger partial charge in [-0.25, -0.2) is 0 Å². The standard InChI is InChI=1S/C9H22P2/c1-3-5-6-7-8-9-11-10-4-2/h10-11H,3-9H2,1-2H3.